The lowest BCUT2D eigenvalue weighted by molar-refractivity contribution is 0.252. The Balaban J connectivity index is 2.38. The molecule has 1 unspecified atom stereocenters. The summed E-state index contributed by atoms with van der Waals surface area (Å²) in [7, 11) is 0. The molecule has 5 nitrogen and oxygen atoms in total. The number of nitrogens with zero attached hydrogens (tertiary/aromatic N) is 2. The molecule has 0 spiro atoms. The lowest BCUT2D eigenvalue weighted by atomic mass is 9.95. The summed E-state index contributed by atoms with van der Waals surface area (Å²) in [5.74, 6) is 1.48. The van der Waals surface area contributed by atoms with Crippen LogP contribution in [0.4, 0.5) is 11.8 Å². The molecule has 0 bridgehead atoms. The number of anilines is 2. The van der Waals surface area contributed by atoms with Gasteiger partial charge in [0, 0.05) is 18.7 Å². The van der Waals surface area contributed by atoms with Crippen LogP contribution in [0, 0.1) is 0 Å². The number of hydrogen-bond acceptors (Lipinski definition) is 6. The number of aromatic nitrogens is 2. The first-order chi connectivity index (χ1) is 9.61. The number of hydrogen-bond donors (Lipinski definition) is 3. The smallest absolute Gasteiger partial charge is 0.226 e. The van der Waals surface area contributed by atoms with Gasteiger partial charge in [-0.05, 0) is 38.1 Å². The Kier molecular flexibility index (Phi) is 4.77. The number of aliphatic hydroxyl groups is 1. The second-order valence-corrected chi connectivity index (χ2v) is 5.97. The summed E-state index contributed by atoms with van der Waals surface area (Å²) in [6, 6.07) is 2.03. The highest BCUT2D eigenvalue weighted by atomic mass is 32.1. The van der Waals surface area contributed by atoms with Crippen molar-refractivity contribution in [3.05, 3.63) is 11.4 Å². The molecule has 0 saturated heterocycles. The van der Waals surface area contributed by atoms with E-state index in [1.54, 1.807) is 11.3 Å². The molecule has 1 atom stereocenters. The van der Waals surface area contributed by atoms with E-state index < -0.39 is 0 Å². The quantitative estimate of drug-likeness (QED) is 0.732. The van der Waals surface area contributed by atoms with Crippen molar-refractivity contribution in [2.75, 3.05) is 23.8 Å². The minimum absolute atomic E-state index is 0.162. The third kappa shape index (κ3) is 3.19. The zero-order valence-electron chi connectivity index (χ0n) is 12.2. The second kappa shape index (κ2) is 6.37. The van der Waals surface area contributed by atoms with Crippen LogP contribution in [-0.2, 0) is 0 Å². The average Bonchev–Trinajstić information content (AvgIpc) is 2.88. The molecule has 2 aromatic heterocycles. The predicted octanol–water partition coefficient (Wildman–Crippen LogP) is 3.09. The van der Waals surface area contributed by atoms with Gasteiger partial charge in [0.15, 0.2) is 0 Å². The Hall–Kier alpha value is -1.40. The van der Waals surface area contributed by atoms with E-state index in [1.165, 1.54) is 0 Å². The second-order valence-electron chi connectivity index (χ2n) is 5.08. The van der Waals surface area contributed by atoms with Crippen LogP contribution >= 0.6 is 11.3 Å². The summed E-state index contributed by atoms with van der Waals surface area (Å²) in [5.41, 5.74) is -0.165. The highest BCUT2D eigenvalue weighted by molar-refractivity contribution is 7.16. The maximum Gasteiger partial charge on any atom is 0.226 e. The van der Waals surface area contributed by atoms with Crippen LogP contribution in [0.3, 0.4) is 0 Å². The standard InChI is InChI=1S/C14H22N4OS/c1-4-14(3,7-8-19)18-11-10-6-9-20-12(10)17-13(16-11)15-5-2/h6,9,19H,4-5,7-8H2,1-3H3,(H2,15,16,17,18). The molecule has 0 amide bonds. The Labute approximate surface area is 123 Å². The number of nitrogens with one attached hydrogen (secondary N) is 2. The Morgan fingerprint density at radius 1 is 1.35 bits per heavy atom. The monoisotopic (exact) mass is 294 g/mol. The highest BCUT2D eigenvalue weighted by Gasteiger charge is 2.23. The first kappa shape index (κ1) is 15.0. The Morgan fingerprint density at radius 2 is 2.15 bits per heavy atom. The molecule has 6 heteroatoms. The molecule has 110 valence electrons. The molecule has 2 aromatic rings. The van der Waals surface area contributed by atoms with Crippen molar-refractivity contribution in [2.24, 2.45) is 0 Å². The molecule has 2 heterocycles. The van der Waals surface area contributed by atoms with Crippen LogP contribution in [0.15, 0.2) is 11.4 Å². The molecule has 0 aromatic carbocycles. The number of rotatable bonds is 7. The van der Waals surface area contributed by atoms with Crippen molar-refractivity contribution in [1.82, 2.24) is 9.97 Å². The van der Waals surface area contributed by atoms with Crippen molar-refractivity contribution in [2.45, 2.75) is 39.2 Å². The third-order valence-corrected chi connectivity index (χ3v) is 4.33. The van der Waals surface area contributed by atoms with Gasteiger partial charge in [0.2, 0.25) is 5.95 Å². The van der Waals surface area contributed by atoms with Crippen LogP contribution in [0.25, 0.3) is 10.2 Å². The molecule has 0 saturated carbocycles. The summed E-state index contributed by atoms with van der Waals surface area (Å²) in [6.45, 7) is 7.20. The highest BCUT2D eigenvalue weighted by Crippen LogP contribution is 2.30. The molecule has 3 N–H and O–H groups in total. The van der Waals surface area contributed by atoms with Gasteiger partial charge < -0.3 is 15.7 Å². The van der Waals surface area contributed by atoms with E-state index in [0.29, 0.717) is 12.4 Å². The van der Waals surface area contributed by atoms with Gasteiger partial charge in [-0.2, -0.15) is 4.98 Å². The van der Waals surface area contributed by atoms with Crippen LogP contribution in [-0.4, -0.2) is 33.8 Å². The maximum atomic E-state index is 9.24. The summed E-state index contributed by atoms with van der Waals surface area (Å²) in [4.78, 5) is 10.0. The van der Waals surface area contributed by atoms with Gasteiger partial charge in [0.05, 0.1) is 5.39 Å². The number of aliphatic hydroxyl groups excluding tert-OH is 1. The van der Waals surface area contributed by atoms with Crippen molar-refractivity contribution in [1.29, 1.82) is 0 Å². The minimum Gasteiger partial charge on any atom is -0.396 e. The van der Waals surface area contributed by atoms with Crippen molar-refractivity contribution >= 4 is 33.3 Å². The molecule has 0 aliphatic carbocycles. The van der Waals surface area contributed by atoms with Crippen LogP contribution in [0.5, 0.6) is 0 Å². The maximum absolute atomic E-state index is 9.24. The Bertz CT molecular complexity index is 571. The van der Waals surface area contributed by atoms with Gasteiger partial charge in [-0.25, -0.2) is 4.98 Å². The zero-order chi connectivity index (χ0) is 14.6. The normalized spacial score (nSPS) is 14.2. The third-order valence-electron chi connectivity index (χ3n) is 3.52. The summed E-state index contributed by atoms with van der Waals surface area (Å²) < 4.78 is 0. The van der Waals surface area contributed by atoms with Crippen LogP contribution in [0.1, 0.15) is 33.6 Å². The molecular weight excluding hydrogens is 272 g/mol. The Morgan fingerprint density at radius 3 is 2.80 bits per heavy atom. The van der Waals surface area contributed by atoms with Gasteiger partial charge >= 0.3 is 0 Å². The molecule has 0 aliphatic rings. The van der Waals surface area contributed by atoms with Gasteiger partial charge in [-0.15, -0.1) is 11.3 Å². The van der Waals surface area contributed by atoms with Gasteiger partial charge in [-0.1, -0.05) is 6.92 Å². The first-order valence-electron chi connectivity index (χ1n) is 7.00. The fourth-order valence-electron chi connectivity index (χ4n) is 2.05. The summed E-state index contributed by atoms with van der Waals surface area (Å²) in [6.07, 6.45) is 1.61. The van der Waals surface area contributed by atoms with Crippen LogP contribution in [0.2, 0.25) is 0 Å². The van der Waals surface area contributed by atoms with Crippen molar-refractivity contribution in [3.8, 4) is 0 Å². The van der Waals surface area contributed by atoms with E-state index in [-0.39, 0.29) is 12.1 Å². The lowest BCUT2D eigenvalue weighted by Gasteiger charge is -2.30. The first-order valence-corrected chi connectivity index (χ1v) is 7.88. The van der Waals surface area contributed by atoms with E-state index in [4.69, 9.17) is 0 Å². The fourth-order valence-corrected chi connectivity index (χ4v) is 2.81. The molecule has 0 aliphatic heterocycles. The van der Waals surface area contributed by atoms with Gasteiger partial charge in [0.1, 0.15) is 10.6 Å². The summed E-state index contributed by atoms with van der Waals surface area (Å²) in [5, 5.41) is 18.9. The van der Waals surface area contributed by atoms with E-state index in [9.17, 15) is 5.11 Å². The topological polar surface area (TPSA) is 70.1 Å². The van der Waals surface area contributed by atoms with E-state index >= 15 is 0 Å². The minimum atomic E-state index is -0.165. The van der Waals surface area contributed by atoms with Gasteiger partial charge in [0.25, 0.3) is 0 Å². The molecular formula is C14H22N4OS. The predicted molar refractivity (Wildman–Crippen MR) is 85.6 cm³/mol. The molecule has 2 rings (SSSR count). The van der Waals surface area contributed by atoms with Gasteiger partial charge in [-0.3, -0.25) is 0 Å². The number of fused-ring (bicyclic) bond motifs is 1. The summed E-state index contributed by atoms with van der Waals surface area (Å²) >= 11 is 1.61. The average molecular weight is 294 g/mol. The van der Waals surface area contributed by atoms with E-state index in [0.717, 1.165) is 29.0 Å². The SMILES string of the molecule is CCNc1nc(NC(C)(CC)CCO)c2ccsc2n1. The fraction of sp³-hybridized carbons (Fsp3) is 0.571. The van der Waals surface area contributed by atoms with Crippen LogP contribution < -0.4 is 10.6 Å². The van der Waals surface area contributed by atoms with Crippen molar-refractivity contribution < 1.29 is 5.11 Å². The number of thiophene rings is 1. The molecule has 0 fully saturated rings. The molecule has 0 radical (unpaired) electrons. The molecule has 20 heavy (non-hydrogen) atoms. The van der Waals surface area contributed by atoms with Crippen molar-refractivity contribution in [3.63, 3.8) is 0 Å². The lowest BCUT2D eigenvalue weighted by Crippen LogP contribution is -2.35. The van der Waals surface area contributed by atoms with E-state index in [1.807, 2.05) is 18.4 Å². The largest absolute Gasteiger partial charge is 0.396 e. The zero-order valence-corrected chi connectivity index (χ0v) is 13.0. The van der Waals surface area contributed by atoms with E-state index in [2.05, 4.69) is 34.4 Å².